The highest BCUT2D eigenvalue weighted by atomic mass is 79.9. The van der Waals surface area contributed by atoms with Gasteiger partial charge in [-0.2, -0.15) is 4.31 Å². The standard InChI is InChI=1S/C14H17BrN2O5S/c1-23(19,20)17-4-2-3-11(17)14(18)16-10-8-13-12(7-9(10)15)21-5-6-22-13/h7-8,11H,2-6H2,1H3,(H,16,18)/t11-/m0/s1. The number of ether oxygens (including phenoxy) is 2. The Kier molecular flexibility index (Phi) is 4.52. The number of benzene rings is 1. The van der Waals surface area contributed by atoms with E-state index in [-0.39, 0.29) is 5.91 Å². The number of nitrogens with one attached hydrogen (secondary N) is 1. The van der Waals surface area contributed by atoms with Gasteiger partial charge in [-0.1, -0.05) is 0 Å². The van der Waals surface area contributed by atoms with E-state index in [1.54, 1.807) is 12.1 Å². The van der Waals surface area contributed by atoms with Gasteiger partial charge in [0.1, 0.15) is 19.3 Å². The van der Waals surface area contributed by atoms with Gasteiger partial charge in [0.2, 0.25) is 15.9 Å². The van der Waals surface area contributed by atoms with Gasteiger partial charge in [0.25, 0.3) is 0 Å². The second-order valence-corrected chi connectivity index (χ2v) is 8.29. The lowest BCUT2D eigenvalue weighted by Crippen LogP contribution is -2.42. The highest BCUT2D eigenvalue weighted by Gasteiger charge is 2.36. The van der Waals surface area contributed by atoms with Crippen molar-refractivity contribution in [3.63, 3.8) is 0 Å². The van der Waals surface area contributed by atoms with Crippen LogP contribution in [0.4, 0.5) is 5.69 Å². The van der Waals surface area contributed by atoms with Crippen LogP contribution in [0.1, 0.15) is 12.8 Å². The average Bonchev–Trinajstić information content (AvgIpc) is 2.97. The summed E-state index contributed by atoms with van der Waals surface area (Å²) in [6, 6.07) is 2.73. The molecule has 7 nitrogen and oxygen atoms in total. The van der Waals surface area contributed by atoms with Gasteiger partial charge >= 0.3 is 0 Å². The fraction of sp³-hybridized carbons (Fsp3) is 0.500. The maximum Gasteiger partial charge on any atom is 0.242 e. The second kappa shape index (κ2) is 6.29. The van der Waals surface area contributed by atoms with E-state index in [1.807, 2.05) is 0 Å². The quantitative estimate of drug-likeness (QED) is 0.826. The molecule has 1 fully saturated rings. The van der Waals surface area contributed by atoms with E-state index in [0.29, 0.717) is 54.3 Å². The number of sulfonamides is 1. The Morgan fingerprint density at radius 2 is 1.96 bits per heavy atom. The summed E-state index contributed by atoms with van der Waals surface area (Å²) in [7, 11) is -3.40. The molecule has 2 aliphatic heterocycles. The fourth-order valence-electron chi connectivity index (χ4n) is 2.77. The monoisotopic (exact) mass is 404 g/mol. The summed E-state index contributed by atoms with van der Waals surface area (Å²) in [5.41, 5.74) is 0.527. The van der Waals surface area contributed by atoms with Crippen molar-refractivity contribution in [1.29, 1.82) is 0 Å². The van der Waals surface area contributed by atoms with Crippen LogP contribution in [0.15, 0.2) is 16.6 Å². The van der Waals surface area contributed by atoms with Crippen LogP contribution in [0, 0.1) is 0 Å². The second-order valence-electron chi connectivity index (χ2n) is 5.50. The van der Waals surface area contributed by atoms with Crippen molar-refractivity contribution >= 4 is 37.5 Å². The lowest BCUT2D eigenvalue weighted by Gasteiger charge is -2.23. The van der Waals surface area contributed by atoms with Gasteiger partial charge in [-0.05, 0) is 28.8 Å². The molecule has 1 aromatic carbocycles. The van der Waals surface area contributed by atoms with Crippen molar-refractivity contribution in [2.75, 3.05) is 31.3 Å². The Morgan fingerprint density at radius 3 is 2.61 bits per heavy atom. The molecule has 0 saturated carbocycles. The molecule has 0 aliphatic carbocycles. The number of carbonyl (C=O) groups excluding carboxylic acids is 1. The zero-order valence-electron chi connectivity index (χ0n) is 12.5. The fourth-order valence-corrected chi connectivity index (χ4v) is 4.32. The Hall–Kier alpha value is -1.32. The number of carbonyl (C=O) groups is 1. The molecule has 0 bridgehead atoms. The molecule has 1 atom stereocenters. The van der Waals surface area contributed by atoms with E-state index in [2.05, 4.69) is 21.2 Å². The third-order valence-electron chi connectivity index (χ3n) is 3.82. The van der Waals surface area contributed by atoms with Crippen LogP contribution in [0.5, 0.6) is 11.5 Å². The predicted molar refractivity (Wildman–Crippen MR) is 88.3 cm³/mol. The van der Waals surface area contributed by atoms with E-state index in [9.17, 15) is 13.2 Å². The normalized spacial score (nSPS) is 21.2. The zero-order valence-corrected chi connectivity index (χ0v) is 14.9. The third-order valence-corrected chi connectivity index (χ3v) is 5.77. The van der Waals surface area contributed by atoms with Crippen LogP contribution in [-0.4, -0.2) is 50.7 Å². The Balaban J connectivity index is 1.80. The minimum atomic E-state index is -3.40. The van der Waals surface area contributed by atoms with Crippen LogP contribution in [0.3, 0.4) is 0 Å². The third kappa shape index (κ3) is 3.46. The van der Waals surface area contributed by atoms with Crippen LogP contribution >= 0.6 is 15.9 Å². The minimum absolute atomic E-state index is 0.342. The molecule has 0 radical (unpaired) electrons. The predicted octanol–water partition coefficient (Wildman–Crippen LogP) is 1.58. The Labute approximate surface area is 143 Å². The first-order valence-corrected chi connectivity index (χ1v) is 9.87. The summed E-state index contributed by atoms with van der Waals surface area (Å²) >= 11 is 3.38. The van der Waals surface area contributed by atoms with Crippen LogP contribution in [0.2, 0.25) is 0 Å². The molecule has 2 aliphatic rings. The smallest absolute Gasteiger partial charge is 0.242 e. The molecule has 1 saturated heterocycles. The van der Waals surface area contributed by atoms with E-state index in [1.165, 1.54) is 4.31 Å². The van der Waals surface area contributed by atoms with E-state index >= 15 is 0 Å². The topological polar surface area (TPSA) is 84.9 Å². The first-order valence-electron chi connectivity index (χ1n) is 7.23. The number of amides is 1. The van der Waals surface area contributed by atoms with Gasteiger partial charge < -0.3 is 14.8 Å². The van der Waals surface area contributed by atoms with Crippen LogP contribution in [0.25, 0.3) is 0 Å². The number of hydrogen-bond acceptors (Lipinski definition) is 5. The highest BCUT2D eigenvalue weighted by Crippen LogP contribution is 2.38. The zero-order chi connectivity index (χ0) is 16.6. The largest absolute Gasteiger partial charge is 0.486 e. The summed E-state index contributed by atoms with van der Waals surface area (Å²) in [4.78, 5) is 12.5. The highest BCUT2D eigenvalue weighted by molar-refractivity contribution is 9.10. The molecule has 1 amide bonds. The number of anilines is 1. The molecular formula is C14H17BrN2O5S. The molecule has 1 aromatic rings. The van der Waals surface area contributed by atoms with Crippen molar-refractivity contribution in [2.24, 2.45) is 0 Å². The van der Waals surface area contributed by atoms with E-state index in [0.717, 1.165) is 6.26 Å². The van der Waals surface area contributed by atoms with E-state index < -0.39 is 16.1 Å². The first-order chi connectivity index (χ1) is 10.9. The van der Waals surface area contributed by atoms with Gasteiger partial charge in [-0.3, -0.25) is 4.79 Å². The molecule has 3 rings (SSSR count). The maximum atomic E-state index is 12.5. The molecular weight excluding hydrogens is 388 g/mol. The van der Waals surface area contributed by atoms with Gasteiger partial charge in [0.15, 0.2) is 11.5 Å². The average molecular weight is 405 g/mol. The Morgan fingerprint density at radius 1 is 1.30 bits per heavy atom. The summed E-state index contributed by atoms with van der Waals surface area (Å²) in [5, 5.41) is 2.78. The SMILES string of the molecule is CS(=O)(=O)N1CCC[C@H]1C(=O)Nc1cc2c(cc1Br)OCCO2. The molecule has 0 aromatic heterocycles. The van der Waals surface area contributed by atoms with Crippen molar-refractivity contribution in [1.82, 2.24) is 4.31 Å². The van der Waals surface area contributed by atoms with Crippen molar-refractivity contribution in [3.8, 4) is 11.5 Å². The molecule has 126 valence electrons. The van der Waals surface area contributed by atoms with Crippen molar-refractivity contribution in [2.45, 2.75) is 18.9 Å². The molecule has 9 heteroatoms. The number of fused-ring (bicyclic) bond motifs is 1. The first kappa shape index (κ1) is 16.5. The number of halogens is 1. The Bertz CT molecular complexity index is 737. The van der Waals surface area contributed by atoms with E-state index in [4.69, 9.17) is 9.47 Å². The molecule has 2 heterocycles. The van der Waals surface area contributed by atoms with Gasteiger partial charge in [0, 0.05) is 23.2 Å². The van der Waals surface area contributed by atoms with Crippen LogP contribution in [-0.2, 0) is 14.8 Å². The minimum Gasteiger partial charge on any atom is -0.486 e. The molecule has 23 heavy (non-hydrogen) atoms. The molecule has 1 N–H and O–H groups in total. The van der Waals surface area contributed by atoms with Gasteiger partial charge in [-0.25, -0.2) is 8.42 Å². The summed E-state index contributed by atoms with van der Waals surface area (Å²) in [6.45, 7) is 1.31. The summed E-state index contributed by atoms with van der Waals surface area (Å²) in [6.07, 6.45) is 2.31. The van der Waals surface area contributed by atoms with Crippen LogP contribution < -0.4 is 14.8 Å². The lowest BCUT2D eigenvalue weighted by atomic mass is 10.2. The van der Waals surface area contributed by atoms with Crippen molar-refractivity contribution in [3.05, 3.63) is 16.6 Å². The van der Waals surface area contributed by atoms with Gasteiger partial charge in [0.05, 0.1) is 11.9 Å². The summed E-state index contributed by atoms with van der Waals surface area (Å²) in [5.74, 6) is 0.825. The van der Waals surface area contributed by atoms with Gasteiger partial charge in [-0.15, -0.1) is 0 Å². The summed E-state index contributed by atoms with van der Waals surface area (Å²) < 4.78 is 36.4. The lowest BCUT2D eigenvalue weighted by molar-refractivity contribution is -0.119. The number of rotatable bonds is 3. The number of hydrogen-bond donors (Lipinski definition) is 1. The maximum absolute atomic E-state index is 12.5. The molecule has 0 spiro atoms. The molecule has 0 unspecified atom stereocenters. The number of nitrogens with zero attached hydrogens (tertiary/aromatic N) is 1. The van der Waals surface area contributed by atoms with Crippen molar-refractivity contribution < 1.29 is 22.7 Å².